The molecule has 1 fully saturated rings. The molecule has 1 saturated carbocycles. The summed E-state index contributed by atoms with van der Waals surface area (Å²) >= 11 is 0. The molecule has 3 unspecified atom stereocenters. The molecule has 1 aliphatic carbocycles. The van der Waals surface area contributed by atoms with Crippen molar-refractivity contribution in [3.63, 3.8) is 0 Å². The van der Waals surface area contributed by atoms with Crippen molar-refractivity contribution in [1.29, 1.82) is 0 Å². The van der Waals surface area contributed by atoms with Gasteiger partial charge in [0.15, 0.2) is 9.84 Å². The molecule has 1 aromatic rings. The predicted molar refractivity (Wildman–Crippen MR) is 70.3 cm³/mol. The van der Waals surface area contributed by atoms with E-state index in [2.05, 4.69) is 0 Å². The highest BCUT2D eigenvalue weighted by Crippen LogP contribution is 2.34. The average molecular weight is 269 g/mol. The van der Waals surface area contributed by atoms with E-state index < -0.39 is 9.84 Å². The van der Waals surface area contributed by atoms with Gasteiger partial charge in [0.2, 0.25) is 0 Å². The van der Waals surface area contributed by atoms with E-state index in [-0.39, 0.29) is 17.2 Å². The Hall–Kier alpha value is -1.07. The van der Waals surface area contributed by atoms with Crippen LogP contribution >= 0.6 is 0 Å². The number of rotatable bonds is 3. The fourth-order valence-electron chi connectivity index (χ4n) is 2.55. The summed E-state index contributed by atoms with van der Waals surface area (Å²) in [6.45, 7) is 1.92. The highest BCUT2D eigenvalue weighted by Gasteiger charge is 2.40. The van der Waals surface area contributed by atoms with E-state index in [0.717, 1.165) is 6.42 Å². The summed E-state index contributed by atoms with van der Waals surface area (Å²) in [7, 11) is -1.79. The van der Waals surface area contributed by atoms with Crippen molar-refractivity contribution in [2.75, 3.05) is 7.11 Å². The highest BCUT2D eigenvalue weighted by molar-refractivity contribution is 7.92. The number of benzene rings is 1. The molecule has 2 N–H and O–H groups in total. The van der Waals surface area contributed by atoms with E-state index in [0.29, 0.717) is 17.1 Å². The van der Waals surface area contributed by atoms with Crippen molar-refractivity contribution in [3.8, 4) is 5.75 Å². The fraction of sp³-hybridized carbons (Fsp3) is 0.538. The highest BCUT2D eigenvalue weighted by atomic mass is 32.2. The lowest BCUT2D eigenvalue weighted by atomic mass is 10.1. The lowest BCUT2D eigenvalue weighted by Crippen LogP contribution is -2.32. The maximum absolute atomic E-state index is 12.5. The summed E-state index contributed by atoms with van der Waals surface area (Å²) in [4.78, 5) is 0.327. The predicted octanol–water partition coefficient (Wildman–Crippen LogP) is 1.59. The molecular formula is C13H19NO3S. The van der Waals surface area contributed by atoms with Gasteiger partial charge in [0.05, 0.1) is 17.3 Å². The van der Waals surface area contributed by atoms with Crippen LogP contribution < -0.4 is 10.5 Å². The van der Waals surface area contributed by atoms with Crippen LogP contribution in [0, 0.1) is 5.92 Å². The molecule has 0 radical (unpaired) electrons. The molecule has 18 heavy (non-hydrogen) atoms. The lowest BCUT2D eigenvalue weighted by molar-refractivity contribution is 0.413. The standard InChI is InChI=1S/C13H19NO3S/c1-9-12(14)6-7-13(9)18(15,16)11-5-3-4-10(8-11)17-2/h3-5,8-9,12-13H,6-7,14H2,1-2H3. The first-order chi connectivity index (χ1) is 8.46. The zero-order chi connectivity index (χ0) is 13.3. The Kier molecular flexibility index (Phi) is 3.64. The first-order valence-electron chi connectivity index (χ1n) is 6.10. The average Bonchev–Trinajstić information content (AvgIpc) is 2.70. The molecule has 0 aromatic heterocycles. The van der Waals surface area contributed by atoms with Crippen LogP contribution in [0.15, 0.2) is 29.2 Å². The molecule has 0 amide bonds. The number of sulfone groups is 1. The SMILES string of the molecule is COc1cccc(S(=O)(=O)C2CCC(N)C2C)c1. The van der Waals surface area contributed by atoms with Gasteiger partial charge in [0.1, 0.15) is 5.75 Å². The Balaban J connectivity index is 2.36. The summed E-state index contributed by atoms with van der Waals surface area (Å²) in [5.41, 5.74) is 5.91. The second kappa shape index (κ2) is 4.90. The second-order valence-electron chi connectivity index (χ2n) is 4.86. The van der Waals surface area contributed by atoms with Crippen molar-refractivity contribution in [2.45, 2.75) is 36.0 Å². The zero-order valence-electron chi connectivity index (χ0n) is 10.7. The molecule has 2 rings (SSSR count). The van der Waals surface area contributed by atoms with Crippen LogP contribution in [0.5, 0.6) is 5.75 Å². The first kappa shape index (κ1) is 13.4. The minimum Gasteiger partial charge on any atom is -0.497 e. The zero-order valence-corrected chi connectivity index (χ0v) is 11.5. The van der Waals surface area contributed by atoms with Crippen LogP contribution in [0.25, 0.3) is 0 Å². The van der Waals surface area contributed by atoms with Crippen LogP contribution in [-0.4, -0.2) is 26.8 Å². The van der Waals surface area contributed by atoms with Gasteiger partial charge >= 0.3 is 0 Å². The molecule has 0 saturated heterocycles. The number of nitrogens with two attached hydrogens (primary N) is 1. The third-order valence-corrected chi connectivity index (χ3v) is 6.19. The third-order valence-electron chi connectivity index (χ3n) is 3.81. The normalized spacial score (nSPS) is 28.3. The van der Waals surface area contributed by atoms with Crippen molar-refractivity contribution in [2.24, 2.45) is 11.7 Å². The third kappa shape index (κ3) is 2.24. The quantitative estimate of drug-likeness (QED) is 0.904. The van der Waals surface area contributed by atoms with E-state index in [4.69, 9.17) is 10.5 Å². The van der Waals surface area contributed by atoms with E-state index in [9.17, 15) is 8.42 Å². The largest absolute Gasteiger partial charge is 0.497 e. The number of methoxy groups -OCH3 is 1. The lowest BCUT2D eigenvalue weighted by Gasteiger charge is -2.18. The maximum Gasteiger partial charge on any atom is 0.181 e. The molecule has 3 atom stereocenters. The summed E-state index contributed by atoms with van der Waals surface area (Å²) in [5.74, 6) is 0.562. The molecule has 0 bridgehead atoms. The Morgan fingerprint density at radius 1 is 1.33 bits per heavy atom. The summed E-state index contributed by atoms with van der Waals surface area (Å²) in [6, 6.07) is 6.62. The molecule has 0 heterocycles. The van der Waals surface area contributed by atoms with Gasteiger partial charge in [-0.2, -0.15) is 0 Å². The molecule has 4 nitrogen and oxygen atoms in total. The molecule has 100 valence electrons. The van der Waals surface area contributed by atoms with Gasteiger partial charge in [0.25, 0.3) is 0 Å². The summed E-state index contributed by atoms with van der Waals surface area (Å²) in [6.07, 6.45) is 1.41. The van der Waals surface area contributed by atoms with Crippen LogP contribution in [-0.2, 0) is 9.84 Å². The van der Waals surface area contributed by atoms with Crippen LogP contribution in [0.3, 0.4) is 0 Å². The van der Waals surface area contributed by atoms with Crippen LogP contribution in [0.1, 0.15) is 19.8 Å². The number of hydrogen-bond donors (Lipinski definition) is 1. The molecule has 0 aliphatic heterocycles. The van der Waals surface area contributed by atoms with Gasteiger partial charge in [-0.05, 0) is 37.0 Å². The Bertz CT molecular complexity index is 527. The molecule has 5 heteroatoms. The van der Waals surface area contributed by atoms with E-state index in [1.165, 1.54) is 7.11 Å². The second-order valence-corrected chi connectivity index (χ2v) is 7.03. The number of ether oxygens (including phenoxy) is 1. The molecule has 1 aliphatic rings. The first-order valence-corrected chi connectivity index (χ1v) is 7.65. The maximum atomic E-state index is 12.5. The Labute approximate surface area is 108 Å². The minimum absolute atomic E-state index is 0.00111. The molecule has 1 aromatic carbocycles. The summed E-state index contributed by atoms with van der Waals surface area (Å²) in [5, 5.41) is -0.375. The fourth-order valence-corrected chi connectivity index (χ4v) is 4.66. The van der Waals surface area contributed by atoms with Crippen molar-refractivity contribution < 1.29 is 13.2 Å². The van der Waals surface area contributed by atoms with Gasteiger partial charge in [-0.3, -0.25) is 0 Å². The van der Waals surface area contributed by atoms with E-state index in [1.807, 2.05) is 6.92 Å². The van der Waals surface area contributed by atoms with Crippen molar-refractivity contribution in [1.82, 2.24) is 0 Å². The Morgan fingerprint density at radius 3 is 2.61 bits per heavy atom. The van der Waals surface area contributed by atoms with Gasteiger partial charge in [0, 0.05) is 6.04 Å². The van der Waals surface area contributed by atoms with E-state index in [1.54, 1.807) is 24.3 Å². The van der Waals surface area contributed by atoms with Crippen molar-refractivity contribution in [3.05, 3.63) is 24.3 Å². The molecular weight excluding hydrogens is 250 g/mol. The smallest absolute Gasteiger partial charge is 0.181 e. The monoisotopic (exact) mass is 269 g/mol. The van der Waals surface area contributed by atoms with Gasteiger partial charge in [-0.15, -0.1) is 0 Å². The number of hydrogen-bond acceptors (Lipinski definition) is 4. The van der Waals surface area contributed by atoms with Crippen molar-refractivity contribution >= 4 is 9.84 Å². The van der Waals surface area contributed by atoms with Crippen LogP contribution in [0.2, 0.25) is 0 Å². The molecule has 0 spiro atoms. The van der Waals surface area contributed by atoms with Gasteiger partial charge in [-0.1, -0.05) is 13.0 Å². The van der Waals surface area contributed by atoms with Crippen LogP contribution in [0.4, 0.5) is 0 Å². The van der Waals surface area contributed by atoms with Gasteiger partial charge < -0.3 is 10.5 Å². The Morgan fingerprint density at radius 2 is 2.06 bits per heavy atom. The summed E-state index contributed by atoms with van der Waals surface area (Å²) < 4.78 is 30.2. The minimum atomic E-state index is -3.31. The van der Waals surface area contributed by atoms with E-state index >= 15 is 0 Å². The topological polar surface area (TPSA) is 69.4 Å². The van der Waals surface area contributed by atoms with Gasteiger partial charge in [-0.25, -0.2) is 8.42 Å².